The van der Waals surface area contributed by atoms with Crippen LogP contribution >= 0.6 is 0 Å². The Morgan fingerprint density at radius 2 is 2.29 bits per heavy atom. The van der Waals surface area contributed by atoms with Crippen molar-refractivity contribution >= 4 is 17.7 Å². The number of hydrogen-bond donors (Lipinski definition) is 2. The third-order valence-corrected chi connectivity index (χ3v) is 2.73. The van der Waals surface area contributed by atoms with Gasteiger partial charge in [-0.2, -0.15) is 4.98 Å². The van der Waals surface area contributed by atoms with Crippen LogP contribution in [0.3, 0.4) is 0 Å². The summed E-state index contributed by atoms with van der Waals surface area (Å²) in [6, 6.07) is 5.69. The number of hydrogen-bond acceptors (Lipinski definition) is 7. The van der Waals surface area contributed by atoms with Crippen molar-refractivity contribution in [2.45, 2.75) is 13.5 Å². The normalized spacial score (nSPS) is 10.2. The van der Waals surface area contributed by atoms with Crippen LogP contribution in [0.4, 0.5) is 11.7 Å². The Bertz CT molecular complexity index is 624. The Balaban J connectivity index is 1.97. The highest BCUT2D eigenvalue weighted by molar-refractivity contribution is 5.87. The van der Waals surface area contributed by atoms with Crippen molar-refractivity contribution in [1.29, 1.82) is 0 Å². The van der Waals surface area contributed by atoms with Crippen LogP contribution in [-0.4, -0.2) is 24.7 Å². The van der Waals surface area contributed by atoms with Crippen LogP contribution in [0.25, 0.3) is 0 Å². The van der Waals surface area contributed by atoms with E-state index in [1.807, 2.05) is 6.07 Å². The van der Waals surface area contributed by atoms with E-state index in [1.54, 1.807) is 26.2 Å². The summed E-state index contributed by atoms with van der Waals surface area (Å²) < 4.78 is 15.1. The second-order valence-electron chi connectivity index (χ2n) is 4.19. The number of aromatic nitrogens is 1. The zero-order valence-electron chi connectivity index (χ0n) is 11.9. The van der Waals surface area contributed by atoms with Gasteiger partial charge in [-0.3, -0.25) is 0 Å². The number of rotatable bonds is 6. The van der Waals surface area contributed by atoms with E-state index in [9.17, 15) is 4.79 Å². The highest BCUT2D eigenvalue weighted by atomic mass is 16.5. The number of nitrogens with one attached hydrogen (secondary N) is 1. The predicted octanol–water partition coefficient (Wildman–Crippen LogP) is 2.05. The van der Waals surface area contributed by atoms with Gasteiger partial charge in [-0.1, -0.05) is 6.07 Å². The fraction of sp³-hybridized carbons (Fsp3) is 0.286. The molecule has 7 nitrogen and oxygen atoms in total. The molecule has 0 saturated heterocycles. The minimum Gasteiger partial charge on any atom is -0.495 e. The number of benzene rings is 1. The summed E-state index contributed by atoms with van der Waals surface area (Å²) in [5.41, 5.74) is 7.44. The van der Waals surface area contributed by atoms with Crippen LogP contribution in [-0.2, 0) is 11.3 Å². The molecule has 0 unspecified atom stereocenters. The number of carbonyl (C=O) groups is 1. The number of nitrogens with zero attached hydrogens (tertiary/aromatic N) is 1. The lowest BCUT2D eigenvalue weighted by molar-refractivity contribution is 0.0519. The zero-order valence-corrected chi connectivity index (χ0v) is 11.9. The van der Waals surface area contributed by atoms with Crippen molar-refractivity contribution in [1.82, 2.24) is 4.98 Å². The molecule has 1 aromatic carbocycles. The molecule has 0 aliphatic heterocycles. The molecule has 3 N–H and O–H groups in total. The largest absolute Gasteiger partial charge is 0.495 e. The Hall–Kier alpha value is -2.70. The molecule has 0 fully saturated rings. The number of nitrogens with two attached hydrogens (primary N) is 1. The third-order valence-electron chi connectivity index (χ3n) is 2.73. The van der Waals surface area contributed by atoms with E-state index < -0.39 is 5.97 Å². The summed E-state index contributed by atoms with van der Waals surface area (Å²) in [5, 5.41) is 2.96. The Kier molecular flexibility index (Phi) is 4.65. The smallest absolute Gasteiger partial charge is 0.360 e. The van der Waals surface area contributed by atoms with Crippen LogP contribution in [0.15, 0.2) is 28.9 Å². The van der Waals surface area contributed by atoms with Crippen molar-refractivity contribution in [2.24, 2.45) is 0 Å². The number of carbonyl (C=O) groups excluding carboxylic acids is 1. The van der Waals surface area contributed by atoms with Gasteiger partial charge in [0, 0.05) is 6.54 Å². The van der Waals surface area contributed by atoms with Gasteiger partial charge in [0.15, 0.2) is 5.69 Å². The number of methoxy groups -OCH3 is 1. The minimum atomic E-state index is -0.511. The van der Waals surface area contributed by atoms with Gasteiger partial charge >= 0.3 is 5.97 Å². The second kappa shape index (κ2) is 6.65. The number of oxazole rings is 1. The van der Waals surface area contributed by atoms with E-state index in [-0.39, 0.29) is 11.7 Å². The molecule has 2 rings (SSSR count). The molecule has 0 atom stereocenters. The number of ether oxygens (including phenoxy) is 2. The van der Waals surface area contributed by atoms with E-state index in [4.69, 9.17) is 19.6 Å². The lowest BCUT2D eigenvalue weighted by Crippen LogP contribution is -2.06. The van der Waals surface area contributed by atoms with Crippen molar-refractivity contribution < 1.29 is 18.7 Å². The van der Waals surface area contributed by atoms with Crippen LogP contribution in [0.5, 0.6) is 5.75 Å². The highest BCUT2D eigenvalue weighted by Gasteiger charge is 2.12. The molecule has 0 saturated carbocycles. The second-order valence-corrected chi connectivity index (χ2v) is 4.19. The van der Waals surface area contributed by atoms with Crippen molar-refractivity contribution in [2.75, 3.05) is 24.8 Å². The van der Waals surface area contributed by atoms with Gasteiger partial charge in [-0.05, 0) is 24.6 Å². The first-order valence-electron chi connectivity index (χ1n) is 6.43. The van der Waals surface area contributed by atoms with E-state index >= 15 is 0 Å². The van der Waals surface area contributed by atoms with E-state index in [1.165, 1.54) is 6.26 Å². The van der Waals surface area contributed by atoms with Gasteiger partial charge in [-0.15, -0.1) is 0 Å². The molecule has 0 aliphatic carbocycles. The fourth-order valence-electron chi connectivity index (χ4n) is 1.73. The Labute approximate surface area is 122 Å². The summed E-state index contributed by atoms with van der Waals surface area (Å²) in [5.74, 6) is 0.113. The van der Waals surface area contributed by atoms with Crippen molar-refractivity contribution in [3.8, 4) is 5.75 Å². The first kappa shape index (κ1) is 14.7. The monoisotopic (exact) mass is 291 g/mol. The summed E-state index contributed by atoms with van der Waals surface area (Å²) in [6.45, 7) is 2.47. The van der Waals surface area contributed by atoms with Crippen molar-refractivity contribution in [3.05, 3.63) is 35.7 Å². The van der Waals surface area contributed by atoms with Gasteiger partial charge in [0.2, 0.25) is 0 Å². The first-order valence-corrected chi connectivity index (χ1v) is 6.43. The van der Waals surface area contributed by atoms with Crippen molar-refractivity contribution in [3.63, 3.8) is 0 Å². The van der Waals surface area contributed by atoms with Gasteiger partial charge in [0.05, 0.1) is 19.4 Å². The maximum absolute atomic E-state index is 11.4. The standard InChI is InChI=1S/C14H17N3O4/c1-3-20-13(18)11-8-21-14(17-11)16-7-9-4-5-12(19-2)10(15)6-9/h4-6,8H,3,7,15H2,1-2H3,(H,16,17). The summed E-state index contributed by atoms with van der Waals surface area (Å²) >= 11 is 0. The van der Waals surface area contributed by atoms with Gasteiger partial charge in [0.25, 0.3) is 6.01 Å². The molecule has 2 aromatic rings. The molecule has 0 spiro atoms. The lowest BCUT2D eigenvalue weighted by Gasteiger charge is -2.07. The molecule has 21 heavy (non-hydrogen) atoms. The Morgan fingerprint density at radius 3 is 2.95 bits per heavy atom. The number of anilines is 2. The SMILES string of the molecule is CCOC(=O)c1coc(NCc2ccc(OC)c(N)c2)n1. The predicted molar refractivity (Wildman–Crippen MR) is 77.2 cm³/mol. The molecule has 0 radical (unpaired) electrons. The molecule has 1 aromatic heterocycles. The topological polar surface area (TPSA) is 99.6 Å². The maximum Gasteiger partial charge on any atom is 0.360 e. The summed E-state index contributed by atoms with van der Waals surface area (Å²) in [6.07, 6.45) is 1.25. The summed E-state index contributed by atoms with van der Waals surface area (Å²) in [7, 11) is 1.56. The lowest BCUT2D eigenvalue weighted by atomic mass is 10.2. The minimum absolute atomic E-state index is 0.133. The van der Waals surface area contributed by atoms with Crippen LogP contribution < -0.4 is 15.8 Å². The molecule has 112 valence electrons. The average Bonchev–Trinajstić information content (AvgIpc) is 2.94. The number of nitrogen functional groups attached to an aromatic ring is 1. The fourth-order valence-corrected chi connectivity index (χ4v) is 1.73. The molecular formula is C14H17N3O4. The van der Waals surface area contributed by atoms with Gasteiger partial charge in [0.1, 0.15) is 12.0 Å². The molecule has 0 bridgehead atoms. The van der Waals surface area contributed by atoms with Gasteiger partial charge in [-0.25, -0.2) is 4.79 Å². The highest BCUT2D eigenvalue weighted by Crippen LogP contribution is 2.22. The molecule has 7 heteroatoms. The molecular weight excluding hydrogens is 274 g/mol. The van der Waals surface area contributed by atoms with E-state index in [2.05, 4.69) is 10.3 Å². The average molecular weight is 291 g/mol. The van der Waals surface area contributed by atoms with E-state index in [0.717, 1.165) is 5.56 Å². The summed E-state index contributed by atoms with van der Waals surface area (Å²) in [4.78, 5) is 15.4. The molecule has 1 heterocycles. The Morgan fingerprint density at radius 1 is 1.48 bits per heavy atom. The third kappa shape index (κ3) is 3.65. The molecule has 0 aliphatic rings. The van der Waals surface area contributed by atoms with Gasteiger partial charge < -0.3 is 24.9 Å². The first-order chi connectivity index (χ1) is 10.1. The van der Waals surface area contributed by atoms with E-state index in [0.29, 0.717) is 24.6 Å². The van der Waals surface area contributed by atoms with Crippen LogP contribution in [0.2, 0.25) is 0 Å². The molecule has 0 amide bonds. The quantitative estimate of drug-likeness (QED) is 0.620. The zero-order chi connectivity index (χ0) is 15.2. The van der Waals surface area contributed by atoms with Crippen LogP contribution in [0.1, 0.15) is 23.0 Å². The number of esters is 1. The maximum atomic E-state index is 11.4. The van der Waals surface area contributed by atoms with Crippen LogP contribution in [0, 0.1) is 0 Å².